The summed E-state index contributed by atoms with van der Waals surface area (Å²) in [5.74, 6) is 0.628. The summed E-state index contributed by atoms with van der Waals surface area (Å²) in [5, 5.41) is 9.03. The molecule has 1 aromatic heterocycles. The van der Waals surface area contributed by atoms with Gasteiger partial charge in [0.05, 0.1) is 11.9 Å². The third kappa shape index (κ3) is 3.21. The quantitative estimate of drug-likeness (QED) is 0.764. The maximum Gasteiger partial charge on any atom is 0.224 e. The molecule has 16 heavy (non-hydrogen) atoms. The molecule has 0 aliphatic rings. The highest BCUT2D eigenvalue weighted by atomic mass is 35.5. The molecule has 1 heterocycles. The van der Waals surface area contributed by atoms with E-state index in [0.29, 0.717) is 24.5 Å². The molecule has 0 aliphatic carbocycles. The van der Waals surface area contributed by atoms with Crippen molar-refractivity contribution in [3.63, 3.8) is 0 Å². The number of hydrogen-bond donors (Lipinski definition) is 2. The van der Waals surface area contributed by atoms with Crippen LogP contribution in [0.2, 0.25) is 5.28 Å². The lowest BCUT2D eigenvalue weighted by Crippen LogP contribution is -2.33. The molecule has 6 heteroatoms. The van der Waals surface area contributed by atoms with Gasteiger partial charge in [-0.2, -0.15) is 4.98 Å². The van der Waals surface area contributed by atoms with Crippen LogP contribution in [0.25, 0.3) is 0 Å². The number of nitrogens with two attached hydrogens (primary N) is 1. The minimum absolute atomic E-state index is 0.141. The van der Waals surface area contributed by atoms with Crippen LogP contribution in [0.15, 0.2) is 6.20 Å². The molecule has 1 aromatic rings. The zero-order valence-electron chi connectivity index (χ0n) is 9.52. The number of rotatable bonds is 5. The molecule has 0 fully saturated rings. The zero-order chi connectivity index (χ0) is 12.1. The lowest BCUT2D eigenvalue weighted by molar-refractivity contribution is 0.288. The summed E-state index contributed by atoms with van der Waals surface area (Å²) in [6.45, 7) is 4.90. The predicted octanol–water partition coefficient (Wildman–Crippen LogP) is 1.31. The first-order valence-electron chi connectivity index (χ1n) is 5.21. The van der Waals surface area contributed by atoms with Crippen molar-refractivity contribution in [1.82, 2.24) is 9.97 Å². The SMILES string of the molecule is CC(C)N(CCCO)c1nc(Cl)ncc1N. The summed E-state index contributed by atoms with van der Waals surface area (Å²) in [4.78, 5) is 9.93. The van der Waals surface area contributed by atoms with Gasteiger partial charge in [0.15, 0.2) is 5.82 Å². The molecular weight excluding hydrogens is 228 g/mol. The van der Waals surface area contributed by atoms with E-state index < -0.39 is 0 Å². The van der Waals surface area contributed by atoms with Gasteiger partial charge in [0.2, 0.25) is 5.28 Å². The number of aliphatic hydroxyl groups is 1. The normalized spacial score (nSPS) is 10.8. The highest BCUT2D eigenvalue weighted by Gasteiger charge is 2.15. The molecule has 0 amide bonds. The molecule has 0 atom stereocenters. The Balaban J connectivity index is 2.95. The Bertz CT molecular complexity index is 346. The summed E-state index contributed by atoms with van der Waals surface area (Å²) < 4.78 is 0. The van der Waals surface area contributed by atoms with Crippen molar-refractivity contribution >= 4 is 23.1 Å². The average Bonchev–Trinajstić information content (AvgIpc) is 2.23. The van der Waals surface area contributed by atoms with Gasteiger partial charge in [-0.25, -0.2) is 4.98 Å². The molecular formula is C10H17ClN4O. The van der Waals surface area contributed by atoms with Gasteiger partial charge >= 0.3 is 0 Å². The van der Waals surface area contributed by atoms with Crippen LogP contribution in [0.1, 0.15) is 20.3 Å². The molecule has 5 nitrogen and oxygen atoms in total. The molecule has 0 radical (unpaired) electrons. The maximum atomic E-state index is 8.85. The second kappa shape index (κ2) is 5.86. The van der Waals surface area contributed by atoms with Crippen molar-refractivity contribution in [3.05, 3.63) is 11.5 Å². The van der Waals surface area contributed by atoms with E-state index in [2.05, 4.69) is 9.97 Å². The van der Waals surface area contributed by atoms with Gasteiger partial charge in [-0.15, -0.1) is 0 Å². The minimum Gasteiger partial charge on any atom is -0.396 e. The Hall–Kier alpha value is -1.07. The van der Waals surface area contributed by atoms with E-state index >= 15 is 0 Å². The van der Waals surface area contributed by atoms with Crippen LogP contribution in [-0.2, 0) is 0 Å². The number of anilines is 2. The fourth-order valence-electron chi connectivity index (χ4n) is 1.44. The summed E-state index contributed by atoms with van der Waals surface area (Å²) in [6.07, 6.45) is 2.16. The Kier molecular flexibility index (Phi) is 4.76. The summed E-state index contributed by atoms with van der Waals surface area (Å²) in [5.41, 5.74) is 6.31. The van der Waals surface area contributed by atoms with E-state index in [4.69, 9.17) is 22.4 Å². The number of aromatic nitrogens is 2. The molecule has 0 aliphatic heterocycles. The summed E-state index contributed by atoms with van der Waals surface area (Å²) >= 11 is 5.75. The molecule has 90 valence electrons. The van der Waals surface area contributed by atoms with Gasteiger partial charge in [-0.3, -0.25) is 0 Å². The second-order valence-corrected chi connectivity index (χ2v) is 4.12. The Morgan fingerprint density at radius 3 is 2.81 bits per heavy atom. The van der Waals surface area contributed by atoms with Crippen LogP contribution in [0.3, 0.4) is 0 Å². The Morgan fingerprint density at radius 1 is 1.56 bits per heavy atom. The van der Waals surface area contributed by atoms with Crippen molar-refractivity contribution in [1.29, 1.82) is 0 Å². The largest absolute Gasteiger partial charge is 0.396 e. The first kappa shape index (κ1) is 13.0. The van der Waals surface area contributed by atoms with E-state index in [9.17, 15) is 0 Å². The van der Waals surface area contributed by atoms with Crippen LogP contribution >= 0.6 is 11.6 Å². The minimum atomic E-state index is 0.141. The van der Waals surface area contributed by atoms with Crippen LogP contribution < -0.4 is 10.6 Å². The number of hydrogen-bond acceptors (Lipinski definition) is 5. The first-order chi connectivity index (χ1) is 7.56. The fraction of sp³-hybridized carbons (Fsp3) is 0.600. The predicted molar refractivity (Wildman–Crippen MR) is 65.6 cm³/mol. The van der Waals surface area contributed by atoms with Gasteiger partial charge in [-0.1, -0.05) is 0 Å². The van der Waals surface area contributed by atoms with Gasteiger partial charge in [0.25, 0.3) is 0 Å². The smallest absolute Gasteiger partial charge is 0.224 e. The van der Waals surface area contributed by atoms with Crippen molar-refractivity contribution in [2.45, 2.75) is 26.3 Å². The molecule has 0 unspecified atom stereocenters. The van der Waals surface area contributed by atoms with Crippen LogP contribution in [0.5, 0.6) is 0 Å². The molecule has 1 rings (SSSR count). The highest BCUT2D eigenvalue weighted by molar-refractivity contribution is 6.28. The van der Waals surface area contributed by atoms with Gasteiger partial charge in [0.1, 0.15) is 0 Å². The third-order valence-corrected chi connectivity index (χ3v) is 2.40. The van der Waals surface area contributed by atoms with Crippen LogP contribution in [0.4, 0.5) is 11.5 Å². The third-order valence-electron chi connectivity index (χ3n) is 2.22. The van der Waals surface area contributed by atoms with Crippen molar-refractivity contribution in [3.8, 4) is 0 Å². The fourth-order valence-corrected chi connectivity index (χ4v) is 1.57. The summed E-state index contributed by atoms with van der Waals surface area (Å²) in [6, 6.07) is 0.236. The van der Waals surface area contributed by atoms with Crippen LogP contribution in [0, 0.1) is 0 Å². The number of nitrogens with zero attached hydrogens (tertiary/aromatic N) is 3. The van der Waals surface area contributed by atoms with E-state index in [1.807, 2.05) is 18.7 Å². The first-order valence-corrected chi connectivity index (χ1v) is 5.59. The molecule has 3 N–H and O–H groups in total. The van der Waals surface area contributed by atoms with Crippen LogP contribution in [-0.4, -0.2) is 34.3 Å². The number of aliphatic hydroxyl groups excluding tert-OH is 1. The lowest BCUT2D eigenvalue weighted by atomic mass is 10.2. The lowest BCUT2D eigenvalue weighted by Gasteiger charge is -2.28. The number of halogens is 1. The van der Waals surface area contributed by atoms with E-state index in [0.717, 1.165) is 0 Å². The van der Waals surface area contributed by atoms with Crippen molar-refractivity contribution in [2.75, 3.05) is 23.8 Å². The van der Waals surface area contributed by atoms with Crippen molar-refractivity contribution in [2.24, 2.45) is 0 Å². The van der Waals surface area contributed by atoms with E-state index in [1.165, 1.54) is 6.20 Å². The molecule has 0 aromatic carbocycles. The van der Waals surface area contributed by atoms with E-state index in [1.54, 1.807) is 0 Å². The average molecular weight is 245 g/mol. The summed E-state index contributed by atoms with van der Waals surface area (Å²) in [7, 11) is 0. The highest BCUT2D eigenvalue weighted by Crippen LogP contribution is 2.23. The topological polar surface area (TPSA) is 75.3 Å². The zero-order valence-corrected chi connectivity index (χ0v) is 10.3. The Morgan fingerprint density at radius 2 is 2.25 bits per heavy atom. The second-order valence-electron chi connectivity index (χ2n) is 3.78. The van der Waals surface area contributed by atoms with Gasteiger partial charge in [-0.05, 0) is 31.9 Å². The standard InChI is InChI=1S/C10H17ClN4O/c1-7(2)15(4-3-5-16)9-8(12)6-13-10(11)14-9/h6-7,16H,3-5,12H2,1-2H3. The van der Waals surface area contributed by atoms with Gasteiger partial charge in [0, 0.05) is 19.2 Å². The number of nitrogen functional groups attached to an aromatic ring is 1. The molecule has 0 saturated carbocycles. The van der Waals surface area contributed by atoms with E-state index in [-0.39, 0.29) is 17.9 Å². The molecule has 0 spiro atoms. The van der Waals surface area contributed by atoms with Crippen molar-refractivity contribution < 1.29 is 5.11 Å². The molecule has 0 saturated heterocycles. The molecule has 0 bridgehead atoms. The maximum absolute atomic E-state index is 8.85. The van der Waals surface area contributed by atoms with Gasteiger partial charge < -0.3 is 15.7 Å². The monoisotopic (exact) mass is 244 g/mol. The Labute approximate surface area is 100 Å².